The zero-order valence-electron chi connectivity index (χ0n) is 10.7. The van der Waals surface area contributed by atoms with Crippen LogP contribution >= 0.6 is 0 Å². The lowest BCUT2D eigenvalue weighted by Crippen LogP contribution is -1.96. The van der Waals surface area contributed by atoms with Gasteiger partial charge in [-0.1, -0.05) is 36.4 Å². The highest BCUT2D eigenvalue weighted by Crippen LogP contribution is 2.27. The zero-order valence-corrected chi connectivity index (χ0v) is 10.7. The van der Waals surface area contributed by atoms with Gasteiger partial charge in [-0.2, -0.15) is 0 Å². The van der Waals surface area contributed by atoms with Crippen LogP contribution in [0.5, 0.6) is 5.75 Å². The third-order valence-electron chi connectivity index (χ3n) is 2.99. The summed E-state index contributed by atoms with van der Waals surface area (Å²) < 4.78 is 5.06. The molecule has 4 nitrogen and oxygen atoms in total. The summed E-state index contributed by atoms with van der Waals surface area (Å²) in [7, 11) is 1.45. The van der Waals surface area contributed by atoms with Gasteiger partial charge in [-0.3, -0.25) is 10.1 Å². The fourth-order valence-electron chi connectivity index (χ4n) is 1.96. The van der Waals surface area contributed by atoms with Crippen LogP contribution in [0.2, 0.25) is 0 Å². The lowest BCUT2D eigenvalue weighted by molar-refractivity contribution is -0.385. The Bertz CT molecular complexity index is 567. The Hall–Kier alpha value is -2.36. The van der Waals surface area contributed by atoms with Crippen molar-refractivity contribution >= 4 is 5.69 Å². The first-order chi connectivity index (χ1) is 9.20. The minimum absolute atomic E-state index is 0.00552. The van der Waals surface area contributed by atoms with Crippen LogP contribution in [0.15, 0.2) is 48.5 Å². The standard InChI is InChI=1S/C15H15NO3/c1-19-15-11-13(9-10-14(15)16(17)18)8-7-12-5-3-2-4-6-12/h2-6,9-11H,7-8H2,1H3. The van der Waals surface area contributed by atoms with E-state index in [9.17, 15) is 10.1 Å². The van der Waals surface area contributed by atoms with Crippen LogP contribution in [0, 0.1) is 10.1 Å². The van der Waals surface area contributed by atoms with E-state index in [-0.39, 0.29) is 5.69 Å². The molecular formula is C15H15NO3. The molecule has 0 heterocycles. The lowest BCUT2D eigenvalue weighted by atomic mass is 10.0. The maximum atomic E-state index is 10.8. The summed E-state index contributed by atoms with van der Waals surface area (Å²) in [6.07, 6.45) is 1.74. The van der Waals surface area contributed by atoms with E-state index < -0.39 is 4.92 Å². The fourth-order valence-corrected chi connectivity index (χ4v) is 1.96. The Morgan fingerprint density at radius 1 is 1.05 bits per heavy atom. The maximum absolute atomic E-state index is 10.8. The molecule has 0 aliphatic rings. The quantitative estimate of drug-likeness (QED) is 0.609. The van der Waals surface area contributed by atoms with Crippen molar-refractivity contribution in [1.29, 1.82) is 0 Å². The molecule has 0 radical (unpaired) electrons. The number of ether oxygens (including phenoxy) is 1. The molecule has 98 valence electrons. The van der Waals surface area contributed by atoms with Gasteiger partial charge >= 0.3 is 5.69 Å². The number of nitrogens with zero attached hydrogens (tertiary/aromatic N) is 1. The molecule has 4 heteroatoms. The average molecular weight is 257 g/mol. The van der Waals surface area contributed by atoms with Gasteiger partial charge < -0.3 is 4.74 Å². The highest BCUT2D eigenvalue weighted by Gasteiger charge is 2.14. The van der Waals surface area contributed by atoms with Crippen molar-refractivity contribution in [2.24, 2.45) is 0 Å². The topological polar surface area (TPSA) is 52.4 Å². The largest absolute Gasteiger partial charge is 0.490 e. The van der Waals surface area contributed by atoms with E-state index in [1.807, 2.05) is 18.2 Å². The van der Waals surface area contributed by atoms with E-state index in [1.54, 1.807) is 12.1 Å². The van der Waals surface area contributed by atoms with Crippen LogP contribution in [0.1, 0.15) is 11.1 Å². The van der Waals surface area contributed by atoms with Gasteiger partial charge in [0.2, 0.25) is 0 Å². The van der Waals surface area contributed by atoms with E-state index in [2.05, 4.69) is 12.1 Å². The molecule has 0 aromatic heterocycles. The predicted molar refractivity (Wildman–Crippen MR) is 73.5 cm³/mol. The number of nitro benzene ring substituents is 1. The first-order valence-corrected chi connectivity index (χ1v) is 6.06. The first-order valence-electron chi connectivity index (χ1n) is 6.06. The summed E-state index contributed by atoms with van der Waals surface area (Å²) in [5.41, 5.74) is 2.29. The molecule has 0 aliphatic carbocycles. The fraction of sp³-hybridized carbons (Fsp3) is 0.200. The molecule has 0 atom stereocenters. The van der Waals surface area contributed by atoms with Gasteiger partial charge in [-0.05, 0) is 30.0 Å². The van der Waals surface area contributed by atoms with Crippen LogP contribution in [0.3, 0.4) is 0 Å². The summed E-state index contributed by atoms with van der Waals surface area (Å²) in [4.78, 5) is 10.4. The normalized spacial score (nSPS) is 10.2. The molecule has 19 heavy (non-hydrogen) atoms. The summed E-state index contributed by atoms with van der Waals surface area (Å²) >= 11 is 0. The van der Waals surface area contributed by atoms with Gasteiger partial charge in [0.1, 0.15) is 0 Å². The molecule has 0 spiro atoms. The number of aryl methyl sites for hydroxylation is 2. The van der Waals surface area contributed by atoms with E-state index in [0.29, 0.717) is 5.75 Å². The molecule has 2 aromatic carbocycles. The molecule has 0 bridgehead atoms. The number of methoxy groups -OCH3 is 1. The van der Waals surface area contributed by atoms with Crippen molar-refractivity contribution in [2.45, 2.75) is 12.8 Å². The number of benzene rings is 2. The monoisotopic (exact) mass is 257 g/mol. The SMILES string of the molecule is COc1cc(CCc2ccccc2)ccc1[N+](=O)[O-]. The number of nitro groups is 1. The van der Waals surface area contributed by atoms with Gasteiger partial charge in [-0.15, -0.1) is 0 Å². The Balaban J connectivity index is 2.11. The molecule has 0 fully saturated rings. The first kappa shape index (κ1) is 13.1. The predicted octanol–water partition coefficient (Wildman–Crippen LogP) is 3.39. The highest BCUT2D eigenvalue weighted by molar-refractivity contribution is 5.48. The second-order valence-corrected chi connectivity index (χ2v) is 4.25. The third-order valence-corrected chi connectivity index (χ3v) is 2.99. The minimum Gasteiger partial charge on any atom is -0.490 e. The maximum Gasteiger partial charge on any atom is 0.310 e. The molecule has 0 saturated carbocycles. The molecular weight excluding hydrogens is 242 g/mol. The van der Waals surface area contributed by atoms with E-state index in [1.165, 1.54) is 18.7 Å². The molecule has 0 saturated heterocycles. The van der Waals surface area contributed by atoms with Crippen LogP contribution in [0.25, 0.3) is 0 Å². The summed E-state index contributed by atoms with van der Waals surface area (Å²) in [5.74, 6) is 0.315. The van der Waals surface area contributed by atoms with Crippen molar-refractivity contribution in [3.05, 3.63) is 69.8 Å². The van der Waals surface area contributed by atoms with Gasteiger partial charge in [0.25, 0.3) is 0 Å². The van der Waals surface area contributed by atoms with Crippen LogP contribution < -0.4 is 4.74 Å². The molecule has 2 rings (SSSR count). The zero-order chi connectivity index (χ0) is 13.7. The molecule has 0 N–H and O–H groups in total. The lowest BCUT2D eigenvalue weighted by Gasteiger charge is -2.05. The van der Waals surface area contributed by atoms with E-state index in [4.69, 9.17) is 4.74 Å². The van der Waals surface area contributed by atoms with Gasteiger partial charge in [0, 0.05) is 6.07 Å². The minimum atomic E-state index is -0.431. The van der Waals surface area contributed by atoms with Crippen molar-refractivity contribution in [3.63, 3.8) is 0 Å². The number of hydrogen-bond donors (Lipinski definition) is 0. The van der Waals surface area contributed by atoms with Crippen molar-refractivity contribution in [2.75, 3.05) is 7.11 Å². The van der Waals surface area contributed by atoms with Crippen LogP contribution in [0.4, 0.5) is 5.69 Å². The summed E-state index contributed by atoms with van der Waals surface area (Å²) in [5, 5.41) is 10.8. The van der Waals surface area contributed by atoms with E-state index in [0.717, 1.165) is 18.4 Å². The van der Waals surface area contributed by atoms with Crippen molar-refractivity contribution in [3.8, 4) is 5.75 Å². The molecule has 0 amide bonds. The smallest absolute Gasteiger partial charge is 0.310 e. The average Bonchev–Trinajstić information content (AvgIpc) is 2.45. The number of hydrogen-bond acceptors (Lipinski definition) is 3. The third kappa shape index (κ3) is 3.31. The van der Waals surface area contributed by atoms with Crippen LogP contribution in [-0.2, 0) is 12.8 Å². The van der Waals surface area contributed by atoms with E-state index >= 15 is 0 Å². The Morgan fingerprint density at radius 2 is 1.74 bits per heavy atom. The van der Waals surface area contributed by atoms with Gasteiger partial charge in [0.15, 0.2) is 5.75 Å². The second-order valence-electron chi connectivity index (χ2n) is 4.25. The summed E-state index contributed by atoms with van der Waals surface area (Å²) in [6, 6.07) is 15.2. The van der Waals surface area contributed by atoms with Crippen molar-refractivity contribution < 1.29 is 9.66 Å². The van der Waals surface area contributed by atoms with Gasteiger partial charge in [0.05, 0.1) is 12.0 Å². The molecule has 0 aliphatic heterocycles. The number of rotatable bonds is 5. The van der Waals surface area contributed by atoms with Crippen molar-refractivity contribution in [1.82, 2.24) is 0 Å². The Kier molecular flexibility index (Phi) is 4.13. The van der Waals surface area contributed by atoms with Crippen LogP contribution in [-0.4, -0.2) is 12.0 Å². The molecule has 2 aromatic rings. The summed E-state index contributed by atoms with van der Waals surface area (Å²) in [6.45, 7) is 0. The van der Waals surface area contributed by atoms with Gasteiger partial charge in [-0.25, -0.2) is 0 Å². The molecule has 0 unspecified atom stereocenters. The highest BCUT2D eigenvalue weighted by atomic mass is 16.6. The second kappa shape index (κ2) is 6.00. The Morgan fingerprint density at radius 3 is 2.37 bits per heavy atom. The Labute approximate surface area is 111 Å².